The first-order valence-corrected chi connectivity index (χ1v) is 5.50. The number of carbonyl (C=O) groups excluding carboxylic acids is 1. The number of benzene rings is 1. The first-order chi connectivity index (χ1) is 7.30. The summed E-state index contributed by atoms with van der Waals surface area (Å²) >= 11 is 6.98. The molecule has 1 rings (SSSR count). The molecule has 6 heteroatoms. The van der Waals surface area contributed by atoms with Crippen molar-refractivity contribution in [3.05, 3.63) is 38.4 Å². The SMILES string of the molecule is O=C(/C(I)=C/c1ccc(Cl)cc1)C(F)(F)F. The summed E-state index contributed by atoms with van der Waals surface area (Å²) < 4.78 is 35.8. The average molecular weight is 360 g/mol. The summed E-state index contributed by atoms with van der Waals surface area (Å²) in [5.41, 5.74) is 0.492. The van der Waals surface area contributed by atoms with Gasteiger partial charge in [0, 0.05) is 5.02 Å². The molecule has 0 bridgehead atoms. The van der Waals surface area contributed by atoms with Crippen LogP contribution in [0.1, 0.15) is 5.56 Å². The molecule has 0 aliphatic heterocycles. The molecule has 86 valence electrons. The van der Waals surface area contributed by atoms with Gasteiger partial charge in [0.25, 0.3) is 5.78 Å². The summed E-state index contributed by atoms with van der Waals surface area (Å²) in [6.07, 6.45) is -3.67. The maximum atomic E-state index is 12.1. The normalized spacial score (nSPS) is 12.7. The summed E-state index contributed by atoms with van der Waals surface area (Å²) in [6, 6.07) is 6.14. The third-order valence-electron chi connectivity index (χ3n) is 1.64. The second-order valence-corrected chi connectivity index (χ2v) is 4.47. The number of hydrogen-bond acceptors (Lipinski definition) is 1. The average Bonchev–Trinajstić information content (AvgIpc) is 2.19. The van der Waals surface area contributed by atoms with Crippen molar-refractivity contribution in [2.75, 3.05) is 0 Å². The molecule has 0 unspecified atom stereocenters. The van der Waals surface area contributed by atoms with Crippen LogP contribution in [0.15, 0.2) is 27.8 Å². The number of rotatable bonds is 2. The monoisotopic (exact) mass is 360 g/mol. The van der Waals surface area contributed by atoms with Gasteiger partial charge in [-0.05, 0) is 46.4 Å². The van der Waals surface area contributed by atoms with E-state index in [1.165, 1.54) is 46.9 Å². The van der Waals surface area contributed by atoms with Gasteiger partial charge < -0.3 is 0 Å². The van der Waals surface area contributed by atoms with Crippen LogP contribution in [-0.4, -0.2) is 12.0 Å². The van der Waals surface area contributed by atoms with Gasteiger partial charge in [-0.3, -0.25) is 4.79 Å². The maximum Gasteiger partial charge on any atom is 0.455 e. The van der Waals surface area contributed by atoms with E-state index in [9.17, 15) is 18.0 Å². The molecule has 0 N–H and O–H groups in total. The minimum Gasteiger partial charge on any atom is -0.283 e. The summed E-state index contributed by atoms with van der Waals surface area (Å²) in [6.45, 7) is 0. The lowest BCUT2D eigenvalue weighted by Crippen LogP contribution is -2.22. The van der Waals surface area contributed by atoms with Crippen molar-refractivity contribution >= 4 is 46.1 Å². The quantitative estimate of drug-likeness (QED) is 0.569. The topological polar surface area (TPSA) is 17.1 Å². The van der Waals surface area contributed by atoms with Gasteiger partial charge in [-0.15, -0.1) is 0 Å². The molecule has 0 radical (unpaired) electrons. The lowest BCUT2D eigenvalue weighted by atomic mass is 10.2. The van der Waals surface area contributed by atoms with E-state index in [-0.39, 0.29) is 3.58 Å². The first kappa shape index (κ1) is 13.5. The molecule has 1 aromatic carbocycles. The summed E-state index contributed by atoms with van der Waals surface area (Å²) in [5, 5.41) is 0.481. The van der Waals surface area contributed by atoms with Crippen LogP contribution in [0.3, 0.4) is 0 Å². The summed E-state index contributed by atoms with van der Waals surface area (Å²) in [7, 11) is 0. The Kier molecular flexibility index (Phi) is 4.37. The molecule has 1 aromatic rings. The smallest absolute Gasteiger partial charge is 0.283 e. The number of carbonyl (C=O) groups is 1. The number of allylic oxidation sites excluding steroid dienone is 1. The Morgan fingerprint density at radius 3 is 2.19 bits per heavy atom. The highest BCUT2D eigenvalue weighted by Gasteiger charge is 2.39. The predicted molar refractivity (Wildman–Crippen MR) is 64.5 cm³/mol. The van der Waals surface area contributed by atoms with Gasteiger partial charge in [0.2, 0.25) is 0 Å². The van der Waals surface area contributed by atoms with E-state index >= 15 is 0 Å². The first-order valence-electron chi connectivity index (χ1n) is 4.05. The van der Waals surface area contributed by atoms with Gasteiger partial charge in [-0.2, -0.15) is 13.2 Å². The zero-order valence-electron chi connectivity index (χ0n) is 7.68. The number of Topliss-reactive ketones (excluding diaryl/α,β-unsaturated/α-hetero) is 1. The second kappa shape index (κ2) is 5.18. The molecule has 0 aliphatic rings. The Hall–Kier alpha value is -0.560. The molecule has 0 saturated carbocycles. The highest BCUT2D eigenvalue weighted by molar-refractivity contribution is 14.1. The van der Waals surface area contributed by atoms with E-state index in [0.29, 0.717) is 10.6 Å². The number of alkyl halides is 3. The Morgan fingerprint density at radius 2 is 1.75 bits per heavy atom. The molecule has 0 heterocycles. The standard InChI is InChI=1S/C10H5ClF3IO/c11-7-3-1-6(2-4-7)5-8(15)9(16)10(12,13)14/h1-5H/b8-5-. The third-order valence-corrected chi connectivity index (χ3v) is 2.69. The fourth-order valence-corrected chi connectivity index (χ4v) is 1.70. The van der Waals surface area contributed by atoms with Gasteiger partial charge >= 0.3 is 6.18 Å². The molecule has 1 nitrogen and oxygen atoms in total. The molecule has 0 fully saturated rings. The van der Waals surface area contributed by atoms with Crippen molar-refractivity contribution in [1.82, 2.24) is 0 Å². The van der Waals surface area contributed by atoms with Crippen LogP contribution in [0.4, 0.5) is 13.2 Å². The van der Waals surface area contributed by atoms with Gasteiger partial charge in [0.15, 0.2) is 0 Å². The molecule has 0 aliphatic carbocycles. The van der Waals surface area contributed by atoms with Crippen LogP contribution in [0, 0.1) is 0 Å². The van der Waals surface area contributed by atoms with Crippen LogP contribution in [0.25, 0.3) is 6.08 Å². The van der Waals surface area contributed by atoms with E-state index in [1.807, 2.05) is 0 Å². The Morgan fingerprint density at radius 1 is 1.25 bits per heavy atom. The van der Waals surface area contributed by atoms with Crippen molar-refractivity contribution in [3.8, 4) is 0 Å². The van der Waals surface area contributed by atoms with E-state index < -0.39 is 12.0 Å². The lowest BCUT2D eigenvalue weighted by Gasteiger charge is -2.03. The van der Waals surface area contributed by atoms with E-state index in [2.05, 4.69) is 0 Å². The Bertz CT molecular complexity index is 423. The zero-order valence-corrected chi connectivity index (χ0v) is 10.6. The number of halogens is 5. The van der Waals surface area contributed by atoms with E-state index in [0.717, 1.165) is 6.08 Å². The molecule has 0 spiro atoms. The van der Waals surface area contributed by atoms with Gasteiger partial charge in [0.1, 0.15) is 0 Å². The van der Waals surface area contributed by atoms with E-state index in [1.54, 1.807) is 0 Å². The van der Waals surface area contributed by atoms with Gasteiger partial charge in [-0.1, -0.05) is 23.7 Å². The van der Waals surface area contributed by atoms with Crippen molar-refractivity contribution in [1.29, 1.82) is 0 Å². The van der Waals surface area contributed by atoms with Crippen molar-refractivity contribution in [2.24, 2.45) is 0 Å². The summed E-state index contributed by atoms with van der Waals surface area (Å²) in [4.78, 5) is 10.8. The molecule has 16 heavy (non-hydrogen) atoms. The zero-order chi connectivity index (χ0) is 12.3. The van der Waals surface area contributed by atoms with Crippen LogP contribution in [-0.2, 0) is 4.79 Å². The highest BCUT2D eigenvalue weighted by Crippen LogP contribution is 2.26. The number of hydrogen-bond donors (Lipinski definition) is 0. The van der Waals surface area contributed by atoms with Crippen LogP contribution >= 0.6 is 34.2 Å². The van der Waals surface area contributed by atoms with E-state index in [4.69, 9.17) is 11.6 Å². The second-order valence-electron chi connectivity index (χ2n) is 2.87. The van der Waals surface area contributed by atoms with Crippen molar-refractivity contribution in [3.63, 3.8) is 0 Å². The largest absolute Gasteiger partial charge is 0.455 e. The summed E-state index contributed by atoms with van der Waals surface area (Å²) in [5.74, 6) is -1.84. The molecular formula is C10H5ClF3IO. The van der Waals surface area contributed by atoms with Crippen LogP contribution in [0.5, 0.6) is 0 Å². The fraction of sp³-hybridized carbons (Fsp3) is 0.100. The van der Waals surface area contributed by atoms with Crippen molar-refractivity contribution in [2.45, 2.75) is 6.18 Å². The van der Waals surface area contributed by atoms with Crippen LogP contribution in [0.2, 0.25) is 5.02 Å². The van der Waals surface area contributed by atoms with Gasteiger partial charge in [0.05, 0.1) is 3.58 Å². The van der Waals surface area contributed by atoms with Gasteiger partial charge in [-0.25, -0.2) is 0 Å². The Labute approximate surface area is 108 Å². The number of ketones is 1. The molecular weight excluding hydrogens is 355 g/mol. The molecule has 0 amide bonds. The highest BCUT2D eigenvalue weighted by atomic mass is 127. The fourth-order valence-electron chi connectivity index (χ4n) is 0.906. The predicted octanol–water partition coefficient (Wildman–Crippen LogP) is 4.25. The minimum atomic E-state index is -4.83. The minimum absolute atomic E-state index is 0.382. The molecule has 0 atom stereocenters. The van der Waals surface area contributed by atoms with Crippen molar-refractivity contribution < 1.29 is 18.0 Å². The third kappa shape index (κ3) is 3.79. The lowest BCUT2D eigenvalue weighted by molar-refractivity contribution is -0.165. The molecule has 0 saturated heterocycles. The van der Waals surface area contributed by atoms with Crippen LogP contribution < -0.4 is 0 Å². The Balaban J connectivity index is 2.93. The maximum absolute atomic E-state index is 12.1. The molecule has 0 aromatic heterocycles.